The highest BCUT2D eigenvalue weighted by atomic mass is 35.5. The number of imidazole rings is 1. The van der Waals surface area contributed by atoms with Crippen molar-refractivity contribution in [3.05, 3.63) is 17.2 Å². The fourth-order valence-corrected chi connectivity index (χ4v) is 1.80. The molecule has 0 radical (unpaired) electrons. The van der Waals surface area contributed by atoms with Gasteiger partial charge < -0.3 is 15.2 Å². The first-order chi connectivity index (χ1) is 6.72. The van der Waals surface area contributed by atoms with Gasteiger partial charge in [-0.15, -0.1) is 0 Å². The lowest BCUT2D eigenvalue weighted by atomic mass is 10.3. The average molecular weight is 215 g/mol. The van der Waals surface area contributed by atoms with E-state index in [0.29, 0.717) is 24.8 Å². The van der Waals surface area contributed by atoms with Crippen LogP contribution >= 0.6 is 11.6 Å². The van der Waals surface area contributed by atoms with Crippen molar-refractivity contribution in [2.45, 2.75) is 13.1 Å². The second-order valence-electron chi connectivity index (χ2n) is 3.17. The van der Waals surface area contributed by atoms with Gasteiger partial charge in [0, 0.05) is 13.1 Å². The second kappa shape index (κ2) is 3.59. The van der Waals surface area contributed by atoms with Gasteiger partial charge in [0.2, 0.25) is 5.91 Å². The van der Waals surface area contributed by atoms with E-state index in [9.17, 15) is 4.79 Å². The number of carbonyl (C=O) groups excluding carboxylic acids is 1. The maximum absolute atomic E-state index is 11.3. The molecule has 0 spiro atoms. The Bertz CT molecular complexity index is 362. The number of fused-ring (bicyclic) bond motifs is 1. The van der Waals surface area contributed by atoms with E-state index in [-0.39, 0.29) is 12.5 Å². The lowest BCUT2D eigenvalue weighted by molar-refractivity contribution is -0.131. The Morgan fingerprint density at radius 3 is 3.14 bits per heavy atom. The lowest BCUT2D eigenvalue weighted by Crippen LogP contribution is -2.41. The number of rotatable bonds is 1. The van der Waals surface area contributed by atoms with E-state index in [0.717, 1.165) is 5.82 Å². The summed E-state index contributed by atoms with van der Waals surface area (Å²) in [5.74, 6) is 0.776. The Labute approximate surface area is 86.5 Å². The fourth-order valence-electron chi connectivity index (χ4n) is 1.56. The summed E-state index contributed by atoms with van der Waals surface area (Å²) in [6, 6.07) is 0. The van der Waals surface area contributed by atoms with Gasteiger partial charge >= 0.3 is 0 Å². The monoisotopic (exact) mass is 214 g/mol. The topological polar surface area (TPSA) is 64.2 Å². The zero-order valence-electron chi connectivity index (χ0n) is 7.61. The van der Waals surface area contributed by atoms with Crippen LogP contribution < -0.4 is 5.73 Å². The van der Waals surface area contributed by atoms with E-state index in [2.05, 4.69) is 4.98 Å². The number of halogens is 1. The standard InChI is InChI=1S/C8H11ClN4O/c9-6-4-11-7-5-12(8(14)3-10)1-2-13(6)7/h4H,1-3,5,10H2. The first-order valence-corrected chi connectivity index (χ1v) is 4.78. The lowest BCUT2D eigenvalue weighted by Gasteiger charge is -2.27. The number of nitrogens with two attached hydrogens (primary N) is 1. The summed E-state index contributed by atoms with van der Waals surface area (Å²) in [5.41, 5.74) is 5.28. The van der Waals surface area contributed by atoms with E-state index >= 15 is 0 Å². The van der Waals surface area contributed by atoms with Gasteiger partial charge in [0.1, 0.15) is 11.0 Å². The van der Waals surface area contributed by atoms with Crippen molar-refractivity contribution in [2.24, 2.45) is 5.73 Å². The molecule has 0 unspecified atom stereocenters. The molecule has 1 aromatic heterocycles. The first kappa shape index (κ1) is 9.48. The molecule has 2 heterocycles. The molecule has 1 aromatic rings. The summed E-state index contributed by atoms with van der Waals surface area (Å²) in [7, 11) is 0. The number of hydrogen-bond donors (Lipinski definition) is 1. The normalized spacial score (nSPS) is 15.4. The van der Waals surface area contributed by atoms with Gasteiger partial charge in [0.05, 0.1) is 19.3 Å². The molecule has 0 aromatic carbocycles. The molecule has 76 valence electrons. The molecular weight excluding hydrogens is 204 g/mol. The molecule has 1 aliphatic heterocycles. The third kappa shape index (κ3) is 1.49. The summed E-state index contributed by atoms with van der Waals surface area (Å²) >= 11 is 5.89. The van der Waals surface area contributed by atoms with Crippen molar-refractivity contribution >= 4 is 17.5 Å². The minimum Gasteiger partial charge on any atom is -0.332 e. The molecule has 2 rings (SSSR count). The molecule has 6 heteroatoms. The average Bonchev–Trinajstić information content (AvgIpc) is 2.59. The van der Waals surface area contributed by atoms with Gasteiger partial charge in [-0.3, -0.25) is 4.79 Å². The predicted molar refractivity (Wildman–Crippen MR) is 51.7 cm³/mol. The number of hydrogen-bond acceptors (Lipinski definition) is 3. The molecule has 0 atom stereocenters. The third-order valence-corrected chi connectivity index (χ3v) is 2.64. The zero-order chi connectivity index (χ0) is 10.1. The van der Waals surface area contributed by atoms with E-state index in [1.807, 2.05) is 4.57 Å². The molecule has 0 saturated heterocycles. The van der Waals surface area contributed by atoms with Gasteiger partial charge in [-0.25, -0.2) is 4.98 Å². The Morgan fingerprint density at radius 1 is 1.64 bits per heavy atom. The van der Waals surface area contributed by atoms with Gasteiger partial charge in [0.25, 0.3) is 0 Å². The van der Waals surface area contributed by atoms with Crippen molar-refractivity contribution < 1.29 is 4.79 Å². The van der Waals surface area contributed by atoms with Crippen LogP contribution in [-0.4, -0.2) is 33.4 Å². The van der Waals surface area contributed by atoms with Gasteiger partial charge in [-0.1, -0.05) is 11.6 Å². The van der Waals surface area contributed by atoms with Crippen LogP contribution in [0.1, 0.15) is 5.82 Å². The molecule has 0 bridgehead atoms. The summed E-state index contributed by atoms with van der Waals surface area (Å²) in [6.45, 7) is 1.90. The zero-order valence-corrected chi connectivity index (χ0v) is 8.37. The van der Waals surface area contributed by atoms with Crippen molar-refractivity contribution in [1.82, 2.24) is 14.5 Å². The first-order valence-electron chi connectivity index (χ1n) is 4.40. The second-order valence-corrected chi connectivity index (χ2v) is 3.56. The van der Waals surface area contributed by atoms with Crippen LogP contribution in [0.2, 0.25) is 5.15 Å². The van der Waals surface area contributed by atoms with E-state index in [1.54, 1.807) is 11.1 Å². The van der Waals surface area contributed by atoms with Crippen LogP contribution in [0, 0.1) is 0 Å². The quantitative estimate of drug-likeness (QED) is 0.707. The molecule has 0 fully saturated rings. The van der Waals surface area contributed by atoms with Crippen molar-refractivity contribution in [2.75, 3.05) is 13.1 Å². The number of carbonyl (C=O) groups is 1. The number of nitrogens with zero attached hydrogens (tertiary/aromatic N) is 3. The Hall–Kier alpha value is -1.07. The Morgan fingerprint density at radius 2 is 2.43 bits per heavy atom. The molecule has 0 aliphatic carbocycles. The molecule has 1 aliphatic rings. The highest BCUT2D eigenvalue weighted by molar-refractivity contribution is 6.29. The highest BCUT2D eigenvalue weighted by Crippen LogP contribution is 2.17. The third-order valence-electron chi connectivity index (χ3n) is 2.34. The van der Waals surface area contributed by atoms with Crippen LogP contribution in [0.15, 0.2) is 6.20 Å². The van der Waals surface area contributed by atoms with Crippen molar-refractivity contribution in [3.63, 3.8) is 0 Å². The molecular formula is C8H11ClN4O. The maximum atomic E-state index is 11.3. The minimum atomic E-state index is -0.0460. The Kier molecular flexibility index (Phi) is 2.43. The van der Waals surface area contributed by atoms with Crippen molar-refractivity contribution in [1.29, 1.82) is 0 Å². The van der Waals surface area contributed by atoms with E-state index in [4.69, 9.17) is 17.3 Å². The summed E-state index contributed by atoms with van der Waals surface area (Å²) in [5, 5.41) is 0.625. The van der Waals surface area contributed by atoms with Gasteiger partial charge in [-0.2, -0.15) is 0 Å². The highest BCUT2D eigenvalue weighted by Gasteiger charge is 2.21. The SMILES string of the molecule is NCC(=O)N1CCn2c(Cl)cnc2C1. The predicted octanol–water partition coefficient (Wildman–Crippen LogP) is -0.163. The van der Waals surface area contributed by atoms with Crippen LogP contribution in [0.5, 0.6) is 0 Å². The minimum absolute atomic E-state index is 0.0460. The smallest absolute Gasteiger partial charge is 0.236 e. The molecule has 0 saturated carbocycles. The molecule has 14 heavy (non-hydrogen) atoms. The fraction of sp³-hybridized carbons (Fsp3) is 0.500. The van der Waals surface area contributed by atoms with Gasteiger partial charge in [0.15, 0.2) is 0 Å². The Balaban J connectivity index is 2.18. The summed E-state index contributed by atoms with van der Waals surface area (Å²) < 4.78 is 1.90. The van der Waals surface area contributed by atoms with Crippen molar-refractivity contribution in [3.8, 4) is 0 Å². The van der Waals surface area contributed by atoms with E-state index in [1.165, 1.54) is 0 Å². The van der Waals surface area contributed by atoms with Gasteiger partial charge in [-0.05, 0) is 0 Å². The summed E-state index contributed by atoms with van der Waals surface area (Å²) in [6.07, 6.45) is 1.60. The van der Waals surface area contributed by atoms with Crippen LogP contribution in [0.3, 0.4) is 0 Å². The molecule has 1 amide bonds. The number of amides is 1. The largest absolute Gasteiger partial charge is 0.332 e. The summed E-state index contributed by atoms with van der Waals surface area (Å²) in [4.78, 5) is 17.1. The maximum Gasteiger partial charge on any atom is 0.236 e. The molecule has 2 N–H and O–H groups in total. The number of aromatic nitrogens is 2. The van der Waals surface area contributed by atoms with E-state index < -0.39 is 0 Å². The van der Waals surface area contributed by atoms with Crippen LogP contribution in [-0.2, 0) is 17.9 Å². The van der Waals surface area contributed by atoms with Crippen LogP contribution in [0.25, 0.3) is 0 Å². The van der Waals surface area contributed by atoms with Crippen LogP contribution in [0.4, 0.5) is 0 Å². The molecule has 5 nitrogen and oxygen atoms in total.